The van der Waals surface area contributed by atoms with Gasteiger partial charge in [0.05, 0.1) is 5.69 Å². The number of carbonyl (C=O) groups excluding carboxylic acids is 1. The molecule has 1 heterocycles. The highest BCUT2D eigenvalue weighted by molar-refractivity contribution is 6.07. The molecule has 0 spiro atoms. The lowest BCUT2D eigenvalue weighted by Gasteiger charge is -2.25. The lowest BCUT2D eigenvalue weighted by Crippen LogP contribution is -2.37. The van der Waals surface area contributed by atoms with Gasteiger partial charge in [-0.2, -0.15) is 0 Å². The molecule has 0 saturated heterocycles. The Morgan fingerprint density at radius 3 is 2.39 bits per heavy atom. The number of benzene rings is 1. The summed E-state index contributed by atoms with van der Waals surface area (Å²) in [6, 6.07) is 9.73. The van der Waals surface area contributed by atoms with E-state index in [1.807, 2.05) is 65.2 Å². The quantitative estimate of drug-likeness (QED) is 0.820. The van der Waals surface area contributed by atoms with E-state index in [1.165, 1.54) is 0 Å². The van der Waals surface area contributed by atoms with Gasteiger partial charge in [0.1, 0.15) is 5.56 Å². The number of likely N-dealkylation sites (N-methyl/N-ethyl adjacent to an activating group) is 1. The third kappa shape index (κ3) is 3.99. The average molecular weight is 315 g/mol. The van der Waals surface area contributed by atoms with Gasteiger partial charge >= 0.3 is 0 Å². The van der Waals surface area contributed by atoms with E-state index in [-0.39, 0.29) is 11.8 Å². The van der Waals surface area contributed by atoms with Crippen LogP contribution in [0.1, 0.15) is 41.6 Å². The topological polar surface area (TPSA) is 49.6 Å². The Labute approximate surface area is 137 Å². The van der Waals surface area contributed by atoms with Gasteiger partial charge in [-0.15, -0.1) is 0 Å². The van der Waals surface area contributed by atoms with Crippen LogP contribution in [-0.4, -0.2) is 43.1 Å². The first-order valence-electron chi connectivity index (χ1n) is 7.89. The molecule has 124 valence electrons. The van der Waals surface area contributed by atoms with E-state index in [4.69, 9.17) is 4.52 Å². The summed E-state index contributed by atoms with van der Waals surface area (Å²) in [5, 5.41) is 4.00. The summed E-state index contributed by atoms with van der Waals surface area (Å²) in [5.74, 6) is 0.709. The minimum atomic E-state index is -0.0551. The Morgan fingerprint density at radius 2 is 1.83 bits per heavy atom. The third-order valence-electron chi connectivity index (χ3n) is 3.71. The van der Waals surface area contributed by atoms with Gasteiger partial charge in [-0.05, 0) is 33.2 Å². The molecule has 0 unspecified atom stereocenters. The van der Waals surface area contributed by atoms with E-state index in [1.54, 1.807) is 4.90 Å². The molecule has 0 fully saturated rings. The number of para-hydroxylation sites is 1. The molecule has 5 nitrogen and oxygen atoms in total. The average Bonchev–Trinajstić information content (AvgIpc) is 2.90. The first-order valence-corrected chi connectivity index (χ1v) is 7.89. The molecule has 0 aliphatic carbocycles. The SMILES string of the molecule is Cc1noc(C(C)C)c1C(=O)N(CCN(C)C)c1ccccc1. The van der Waals surface area contributed by atoms with Crippen LogP contribution < -0.4 is 4.90 Å². The van der Waals surface area contributed by atoms with E-state index in [0.29, 0.717) is 23.6 Å². The van der Waals surface area contributed by atoms with E-state index in [9.17, 15) is 4.79 Å². The van der Waals surface area contributed by atoms with Gasteiger partial charge in [0.15, 0.2) is 5.76 Å². The van der Waals surface area contributed by atoms with Crippen molar-refractivity contribution in [2.45, 2.75) is 26.7 Å². The molecule has 1 aromatic carbocycles. The predicted octanol–water partition coefficient (Wildman–Crippen LogP) is 3.31. The van der Waals surface area contributed by atoms with E-state index in [2.05, 4.69) is 10.1 Å². The van der Waals surface area contributed by atoms with Crippen LogP contribution in [0.3, 0.4) is 0 Å². The number of anilines is 1. The third-order valence-corrected chi connectivity index (χ3v) is 3.71. The normalized spacial score (nSPS) is 11.3. The van der Waals surface area contributed by atoms with E-state index < -0.39 is 0 Å². The molecule has 0 radical (unpaired) electrons. The zero-order valence-electron chi connectivity index (χ0n) is 14.5. The summed E-state index contributed by atoms with van der Waals surface area (Å²) in [6.07, 6.45) is 0. The number of aryl methyl sites for hydroxylation is 1. The number of aromatic nitrogens is 1. The molecule has 0 saturated carbocycles. The highest BCUT2D eigenvalue weighted by Gasteiger charge is 2.27. The molecule has 23 heavy (non-hydrogen) atoms. The number of hydrogen-bond donors (Lipinski definition) is 0. The lowest BCUT2D eigenvalue weighted by atomic mass is 10.0. The molecule has 0 aliphatic rings. The number of amides is 1. The van der Waals surface area contributed by atoms with Gasteiger partial charge in [-0.3, -0.25) is 4.79 Å². The molecular weight excluding hydrogens is 290 g/mol. The van der Waals surface area contributed by atoms with Crippen molar-refractivity contribution in [3.8, 4) is 0 Å². The molecule has 2 rings (SSSR count). The van der Waals surface area contributed by atoms with Crippen molar-refractivity contribution in [1.82, 2.24) is 10.1 Å². The van der Waals surface area contributed by atoms with Crippen LogP contribution in [-0.2, 0) is 0 Å². The first kappa shape index (κ1) is 17.2. The van der Waals surface area contributed by atoms with Crippen LogP contribution in [0.15, 0.2) is 34.9 Å². The highest BCUT2D eigenvalue weighted by atomic mass is 16.5. The molecule has 2 aromatic rings. The summed E-state index contributed by atoms with van der Waals surface area (Å²) in [4.78, 5) is 17.0. The molecule has 5 heteroatoms. The molecule has 1 aromatic heterocycles. The number of carbonyl (C=O) groups is 1. The maximum atomic E-state index is 13.2. The van der Waals surface area contributed by atoms with Crippen molar-refractivity contribution in [2.24, 2.45) is 0 Å². The number of hydrogen-bond acceptors (Lipinski definition) is 4. The summed E-state index contributed by atoms with van der Waals surface area (Å²) in [5.41, 5.74) is 2.11. The Balaban J connectivity index is 2.39. The fourth-order valence-corrected chi connectivity index (χ4v) is 2.43. The zero-order valence-corrected chi connectivity index (χ0v) is 14.5. The van der Waals surface area contributed by atoms with Crippen molar-refractivity contribution in [2.75, 3.05) is 32.1 Å². The maximum Gasteiger partial charge on any atom is 0.263 e. The van der Waals surface area contributed by atoms with Crippen LogP contribution in [0.4, 0.5) is 5.69 Å². The van der Waals surface area contributed by atoms with E-state index in [0.717, 1.165) is 12.2 Å². The number of nitrogens with zero attached hydrogens (tertiary/aromatic N) is 3. The second kappa shape index (κ2) is 7.42. The highest BCUT2D eigenvalue weighted by Crippen LogP contribution is 2.26. The molecule has 1 amide bonds. The number of rotatable bonds is 6. The fraction of sp³-hybridized carbons (Fsp3) is 0.444. The summed E-state index contributed by atoms with van der Waals surface area (Å²) < 4.78 is 5.38. The Kier molecular flexibility index (Phi) is 5.55. The van der Waals surface area contributed by atoms with Crippen LogP contribution in [0.25, 0.3) is 0 Å². The Morgan fingerprint density at radius 1 is 1.17 bits per heavy atom. The van der Waals surface area contributed by atoms with Crippen LogP contribution in [0.5, 0.6) is 0 Å². The zero-order chi connectivity index (χ0) is 17.0. The summed E-state index contributed by atoms with van der Waals surface area (Å²) in [6.45, 7) is 7.21. The van der Waals surface area contributed by atoms with Gasteiger partial charge in [-0.1, -0.05) is 37.2 Å². The molecule has 0 N–H and O–H groups in total. The standard InChI is InChI=1S/C18H25N3O2/c1-13(2)17-16(14(3)19-23-17)18(22)21(12-11-20(4)5)15-9-7-6-8-10-15/h6-10,13H,11-12H2,1-5H3. The van der Waals surface area contributed by atoms with Crippen LogP contribution in [0, 0.1) is 6.92 Å². The van der Waals surface area contributed by atoms with Gasteiger partial charge in [0.25, 0.3) is 5.91 Å². The smallest absolute Gasteiger partial charge is 0.263 e. The van der Waals surface area contributed by atoms with Crippen molar-refractivity contribution in [3.05, 3.63) is 47.3 Å². The second-order valence-corrected chi connectivity index (χ2v) is 6.26. The monoisotopic (exact) mass is 315 g/mol. The molecule has 0 atom stereocenters. The Bertz CT molecular complexity index is 648. The van der Waals surface area contributed by atoms with Gasteiger partial charge in [0, 0.05) is 24.7 Å². The van der Waals surface area contributed by atoms with E-state index >= 15 is 0 Å². The fourth-order valence-electron chi connectivity index (χ4n) is 2.43. The molecule has 0 bridgehead atoms. The van der Waals surface area contributed by atoms with Crippen LogP contribution >= 0.6 is 0 Å². The summed E-state index contributed by atoms with van der Waals surface area (Å²) >= 11 is 0. The molecular formula is C18H25N3O2. The minimum absolute atomic E-state index is 0.0551. The first-order chi connectivity index (χ1) is 10.9. The van der Waals surface area contributed by atoms with Crippen molar-refractivity contribution in [3.63, 3.8) is 0 Å². The second-order valence-electron chi connectivity index (χ2n) is 6.26. The predicted molar refractivity (Wildman–Crippen MR) is 92.0 cm³/mol. The van der Waals surface area contributed by atoms with Gasteiger partial charge < -0.3 is 14.3 Å². The van der Waals surface area contributed by atoms with Crippen molar-refractivity contribution in [1.29, 1.82) is 0 Å². The minimum Gasteiger partial charge on any atom is -0.360 e. The largest absolute Gasteiger partial charge is 0.360 e. The molecule has 0 aliphatic heterocycles. The van der Waals surface area contributed by atoms with Gasteiger partial charge in [0.2, 0.25) is 0 Å². The summed E-state index contributed by atoms with van der Waals surface area (Å²) in [7, 11) is 4.00. The Hall–Kier alpha value is -2.14. The van der Waals surface area contributed by atoms with Crippen molar-refractivity contribution >= 4 is 11.6 Å². The van der Waals surface area contributed by atoms with Crippen molar-refractivity contribution < 1.29 is 9.32 Å². The van der Waals surface area contributed by atoms with Gasteiger partial charge in [-0.25, -0.2) is 0 Å². The maximum absolute atomic E-state index is 13.2. The lowest BCUT2D eigenvalue weighted by molar-refractivity contribution is 0.0982. The van der Waals surface area contributed by atoms with Crippen LogP contribution in [0.2, 0.25) is 0 Å².